The van der Waals surface area contributed by atoms with E-state index in [9.17, 15) is 9.18 Å². The van der Waals surface area contributed by atoms with E-state index >= 15 is 0 Å². The van der Waals surface area contributed by atoms with E-state index in [2.05, 4.69) is 41.4 Å². The standard InChI is InChI=1S/C29H33FN2O2/c1-21-5-3-7-24(15-21)25-17-26(20-32(19-25)18-23-6-4-8-27(30)16-23)29(33)31-14-13-22-9-11-28(34-2)12-10-22/h3-12,15-16,25-26H,13-14,17-20H2,1-2H3,(H,31,33)/t25-,26+/m1/s1. The molecule has 2 atom stereocenters. The number of piperidine rings is 1. The number of amides is 1. The van der Waals surface area contributed by atoms with Crippen molar-refractivity contribution >= 4 is 5.91 Å². The molecule has 178 valence electrons. The summed E-state index contributed by atoms with van der Waals surface area (Å²) in [6, 6.07) is 23.2. The molecule has 1 aliphatic heterocycles. The zero-order valence-electron chi connectivity index (χ0n) is 20.0. The van der Waals surface area contributed by atoms with Crippen LogP contribution in [0.5, 0.6) is 5.75 Å². The van der Waals surface area contributed by atoms with E-state index in [0.29, 0.717) is 19.6 Å². The van der Waals surface area contributed by atoms with Gasteiger partial charge in [0.05, 0.1) is 13.0 Å². The summed E-state index contributed by atoms with van der Waals surface area (Å²) in [6.07, 6.45) is 1.59. The second-order valence-electron chi connectivity index (χ2n) is 9.26. The first-order valence-electron chi connectivity index (χ1n) is 11.9. The summed E-state index contributed by atoms with van der Waals surface area (Å²) in [5.74, 6) is 0.853. The Hall–Kier alpha value is -3.18. The van der Waals surface area contributed by atoms with Crippen molar-refractivity contribution in [3.8, 4) is 5.75 Å². The van der Waals surface area contributed by atoms with Gasteiger partial charge in [0.2, 0.25) is 5.91 Å². The number of methoxy groups -OCH3 is 1. The van der Waals surface area contributed by atoms with Crippen molar-refractivity contribution in [2.75, 3.05) is 26.7 Å². The Bertz CT molecular complexity index is 1100. The van der Waals surface area contributed by atoms with Gasteiger partial charge in [0, 0.05) is 26.2 Å². The van der Waals surface area contributed by atoms with Gasteiger partial charge in [0.25, 0.3) is 0 Å². The lowest BCUT2D eigenvalue weighted by molar-refractivity contribution is -0.127. The van der Waals surface area contributed by atoms with Gasteiger partial charge in [-0.05, 0) is 66.6 Å². The number of hydrogen-bond acceptors (Lipinski definition) is 3. The lowest BCUT2D eigenvalue weighted by atomic mass is 9.83. The maximum absolute atomic E-state index is 13.7. The molecule has 0 aromatic heterocycles. The van der Waals surface area contributed by atoms with Crippen molar-refractivity contribution in [3.05, 3.63) is 101 Å². The van der Waals surface area contributed by atoms with Crippen molar-refractivity contribution < 1.29 is 13.9 Å². The number of benzene rings is 3. The van der Waals surface area contributed by atoms with Crippen LogP contribution in [0.1, 0.15) is 34.6 Å². The Morgan fingerprint density at radius 2 is 1.82 bits per heavy atom. The summed E-state index contributed by atoms with van der Waals surface area (Å²) in [6.45, 7) is 4.86. The fourth-order valence-electron chi connectivity index (χ4n) is 4.84. The summed E-state index contributed by atoms with van der Waals surface area (Å²) in [5.41, 5.74) is 4.58. The SMILES string of the molecule is COc1ccc(CCNC(=O)[C@H]2C[C@@H](c3cccc(C)c3)CN(Cc3cccc(F)c3)C2)cc1. The minimum atomic E-state index is -0.224. The lowest BCUT2D eigenvalue weighted by Crippen LogP contribution is -2.45. The van der Waals surface area contributed by atoms with Crippen LogP contribution in [0.25, 0.3) is 0 Å². The molecule has 5 heteroatoms. The minimum absolute atomic E-state index is 0.0927. The Balaban J connectivity index is 1.42. The molecule has 0 saturated carbocycles. The number of likely N-dealkylation sites (tertiary alicyclic amines) is 1. The molecule has 3 aromatic rings. The Labute approximate surface area is 201 Å². The number of nitrogens with one attached hydrogen (secondary N) is 1. The largest absolute Gasteiger partial charge is 0.497 e. The number of halogens is 1. The molecule has 0 spiro atoms. The Morgan fingerprint density at radius 3 is 2.56 bits per heavy atom. The highest BCUT2D eigenvalue weighted by Gasteiger charge is 2.32. The van der Waals surface area contributed by atoms with E-state index in [1.165, 1.54) is 17.2 Å². The third-order valence-corrected chi connectivity index (χ3v) is 6.58. The Morgan fingerprint density at radius 1 is 1.03 bits per heavy atom. The van der Waals surface area contributed by atoms with E-state index in [1.54, 1.807) is 19.2 Å². The number of nitrogens with zero attached hydrogens (tertiary/aromatic N) is 1. The van der Waals surface area contributed by atoms with Crippen LogP contribution in [-0.2, 0) is 17.8 Å². The first-order chi connectivity index (χ1) is 16.5. The normalized spacial score (nSPS) is 18.4. The van der Waals surface area contributed by atoms with Crippen LogP contribution in [0.4, 0.5) is 4.39 Å². The zero-order chi connectivity index (χ0) is 23.9. The van der Waals surface area contributed by atoms with E-state index in [0.717, 1.165) is 36.3 Å². The second-order valence-corrected chi connectivity index (χ2v) is 9.26. The van der Waals surface area contributed by atoms with Gasteiger partial charge < -0.3 is 10.1 Å². The van der Waals surface area contributed by atoms with Gasteiger partial charge in [0.15, 0.2) is 0 Å². The van der Waals surface area contributed by atoms with Gasteiger partial charge in [-0.2, -0.15) is 0 Å². The van der Waals surface area contributed by atoms with E-state index < -0.39 is 0 Å². The highest BCUT2D eigenvalue weighted by Crippen LogP contribution is 2.32. The molecule has 0 bridgehead atoms. The van der Waals surface area contributed by atoms with Crippen LogP contribution in [0.2, 0.25) is 0 Å². The summed E-state index contributed by atoms with van der Waals surface area (Å²) >= 11 is 0. The molecule has 4 nitrogen and oxygen atoms in total. The predicted molar refractivity (Wildman–Crippen MR) is 133 cm³/mol. The molecule has 1 amide bonds. The van der Waals surface area contributed by atoms with Crippen LogP contribution in [0.3, 0.4) is 0 Å². The summed E-state index contributed by atoms with van der Waals surface area (Å²) < 4.78 is 19.0. The van der Waals surface area contributed by atoms with Gasteiger partial charge in [-0.15, -0.1) is 0 Å². The fourth-order valence-corrected chi connectivity index (χ4v) is 4.84. The maximum atomic E-state index is 13.7. The fraction of sp³-hybridized carbons (Fsp3) is 0.345. The molecule has 3 aromatic carbocycles. The first kappa shape index (κ1) is 24.0. The molecule has 1 aliphatic rings. The summed E-state index contributed by atoms with van der Waals surface area (Å²) in [5, 5.41) is 3.15. The number of hydrogen-bond donors (Lipinski definition) is 1. The van der Waals surface area contributed by atoms with Gasteiger partial charge in [-0.3, -0.25) is 9.69 Å². The molecule has 0 unspecified atom stereocenters. The Kier molecular flexibility index (Phi) is 7.96. The van der Waals surface area contributed by atoms with Gasteiger partial charge in [-0.25, -0.2) is 4.39 Å². The number of carbonyl (C=O) groups is 1. The highest BCUT2D eigenvalue weighted by atomic mass is 19.1. The van der Waals surface area contributed by atoms with Crippen LogP contribution in [0.15, 0.2) is 72.8 Å². The number of carbonyl (C=O) groups excluding carboxylic acids is 1. The third-order valence-electron chi connectivity index (χ3n) is 6.58. The molecule has 4 rings (SSSR count). The summed E-state index contributed by atoms with van der Waals surface area (Å²) in [4.78, 5) is 15.5. The molecule has 0 radical (unpaired) electrons. The van der Waals surface area contributed by atoms with Crippen molar-refractivity contribution in [2.24, 2.45) is 5.92 Å². The molecule has 1 fully saturated rings. The third kappa shape index (κ3) is 6.45. The monoisotopic (exact) mass is 460 g/mol. The molecule has 34 heavy (non-hydrogen) atoms. The number of rotatable bonds is 8. The average Bonchev–Trinajstić information content (AvgIpc) is 2.84. The molecule has 1 saturated heterocycles. The molecule has 0 aliphatic carbocycles. The van der Waals surface area contributed by atoms with Gasteiger partial charge >= 0.3 is 0 Å². The molecule has 1 heterocycles. The quantitative estimate of drug-likeness (QED) is 0.508. The van der Waals surface area contributed by atoms with Crippen molar-refractivity contribution in [1.82, 2.24) is 10.2 Å². The van der Waals surface area contributed by atoms with E-state index in [4.69, 9.17) is 4.74 Å². The highest BCUT2D eigenvalue weighted by molar-refractivity contribution is 5.79. The van der Waals surface area contributed by atoms with E-state index in [1.807, 2.05) is 30.3 Å². The molecular weight excluding hydrogens is 427 g/mol. The van der Waals surface area contributed by atoms with Crippen LogP contribution in [0, 0.1) is 18.7 Å². The van der Waals surface area contributed by atoms with E-state index in [-0.39, 0.29) is 23.6 Å². The number of ether oxygens (including phenoxy) is 1. The summed E-state index contributed by atoms with van der Waals surface area (Å²) in [7, 11) is 1.65. The van der Waals surface area contributed by atoms with Gasteiger partial charge in [0.1, 0.15) is 11.6 Å². The van der Waals surface area contributed by atoms with Crippen molar-refractivity contribution in [3.63, 3.8) is 0 Å². The van der Waals surface area contributed by atoms with Crippen molar-refractivity contribution in [2.45, 2.75) is 32.2 Å². The lowest BCUT2D eigenvalue weighted by Gasteiger charge is -2.37. The zero-order valence-corrected chi connectivity index (χ0v) is 20.0. The average molecular weight is 461 g/mol. The van der Waals surface area contributed by atoms with Crippen molar-refractivity contribution in [1.29, 1.82) is 0 Å². The van der Waals surface area contributed by atoms with Crippen LogP contribution < -0.4 is 10.1 Å². The minimum Gasteiger partial charge on any atom is -0.497 e. The predicted octanol–water partition coefficient (Wildman–Crippen LogP) is 5.11. The van der Waals surface area contributed by atoms with Crippen LogP contribution >= 0.6 is 0 Å². The molecule has 1 N–H and O–H groups in total. The topological polar surface area (TPSA) is 41.6 Å². The first-order valence-corrected chi connectivity index (χ1v) is 11.9. The second kappa shape index (κ2) is 11.3. The van der Waals surface area contributed by atoms with Crippen LogP contribution in [-0.4, -0.2) is 37.6 Å². The molecular formula is C29H33FN2O2. The number of aryl methyl sites for hydroxylation is 1. The smallest absolute Gasteiger partial charge is 0.224 e. The van der Waals surface area contributed by atoms with Gasteiger partial charge in [-0.1, -0.05) is 54.1 Å². The maximum Gasteiger partial charge on any atom is 0.224 e.